The highest BCUT2D eigenvalue weighted by molar-refractivity contribution is 4.74. The van der Waals surface area contributed by atoms with E-state index in [1.807, 2.05) is 0 Å². The van der Waals surface area contributed by atoms with E-state index in [-0.39, 0.29) is 0 Å². The molecule has 0 aromatic rings. The van der Waals surface area contributed by atoms with E-state index >= 15 is 0 Å². The van der Waals surface area contributed by atoms with E-state index in [1.54, 1.807) is 0 Å². The highest BCUT2D eigenvalue weighted by Crippen LogP contribution is 2.27. The molecule has 0 saturated carbocycles. The molecular formula is C13H29N. The highest BCUT2D eigenvalue weighted by atomic mass is 14.9. The van der Waals surface area contributed by atoms with Gasteiger partial charge in [0.2, 0.25) is 0 Å². The molecule has 2 atom stereocenters. The van der Waals surface area contributed by atoms with Crippen LogP contribution in [0.3, 0.4) is 0 Å². The number of hydrogen-bond acceptors (Lipinski definition) is 1. The lowest BCUT2D eigenvalue weighted by atomic mass is 9.81. The molecule has 0 saturated heterocycles. The third kappa shape index (κ3) is 6.42. The summed E-state index contributed by atoms with van der Waals surface area (Å²) >= 11 is 0. The van der Waals surface area contributed by atoms with Crippen molar-refractivity contribution in [1.29, 1.82) is 0 Å². The van der Waals surface area contributed by atoms with Crippen LogP contribution in [-0.4, -0.2) is 13.1 Å². The fourth-order valence-corrected chi connectivity index (χ4v) is 2.29. The first kappa shape index (κ1) is 14.0. The average Bonchev–Trinajstić information content (AvgIpc) is 1.96. The van der Waals surface area contributed by atoms with Gasteiger partial charge in [-0.15, -0.1) is 0 Å². The van der Waals surface area contributed by atoms with E-state index in [0.29, 0.717) is 11.5 Å². The van der Waals surface area contributed by atoms with Crippen molar-refractivity contribution in [2.45, 2.75) is 60.4 Å². The van der Waals surface area contributed by atoms with Gasteiger partial charge in [-0.1, -0.05) is 41.5 Å². The number of hydrogen-bond donors (Lipinski definition) is 1. The van der Waals surface area contributed by atoms with Crippen LogP contribution < -0.4 is 5.32 Å². The molecule has 0 amide bonds. The smallest absolute Gasteiger partial charge is 0.00895 e. The molecule has 0 spiro atoms. The molecule has 0 bridgehead atoms. The van der Waals surface area contributed by atoms with Crippen LogP contribution in [0, 0.1) is 17.3 Å². The maximum Gasteiger partial charge on any atom is 0.00895 e. The second-order valence-corrected chi connectivity index (χ2v) is 6.24. The summed E-state index contributed by atoms with van der Waals surface area (Å²) in [7, 11) is 2.08. The molecule has 1 N–H and O–H groups in total. The van der Waals surface area contributed by atoms with E-state index in [4.69, 9.17) is 0 Å². The predicted octanol–water partition coefficient (Wildman–Crippen LogP) is 3.69. The third-order valence-electron chi connectivity index (χ3n) is 2.79. The first-order chi connectivity index (χ1) is 6.26. The minimum absolute atomic E-state index is 0.467. The van der Waals surface area contributed by atoms with Crippen LogP contribution >= 0.6 is 0 Å². The quantitative estimate of drug-likeness (QED) is 0.712. The fraction of sp³-hybridized carbons (Fsp3) is 1.00. The molecule has 86 valence electrons. The van der Waals surface area contributed by atoms with Crippen molar-refractivity contribution in [3.8, 4) is 0 Å². The van der Waals surface area contributed by atoms with E-state index in [2.05, 4.69) is 53.9 Å². The predicted molar refractivity (Wildman–Crippen MR) is 65.5 cm³/mol. The summed E-state index contributed by atoms with van der Waals surface area (Å²) in [5.41, 5.74) is 0.467. The molecule has 0 aliphatic carbocycles. The molecule has 0 aromatic heterocycles. The van der Waals surface area contributed by atoms with Gasteiger partial charge in [0.1, 0.15) is 0 Å². The summed E-state index contributed by atoms with van der Waals surface area (Å²) < 4.78 is 0. The van der Waals surface area contributed by atoms with Crippen molar-refractivity contribution in [3.63, 3.8) is 0 Å². The molecule has 14 heavy (non-hydrogen) atoms. The minimum atomic E-state index is 0.467. The first-order valence-corrected chi connectivity index (χ1v) is 5.93. The van der Waals surface area contributed by atoms with Crippen molar-refractivity contribution in [2.75, 3.05) is 7.05 Å². The normalized spacial score (nSPS) is 17.1. The summed E-state index contributed by atoms with van der Waals surface area (Å²) in [4.78, 5) is 0. The van der Waals surface area contributed by atoms with Crippen molar-refractivity contribution in [3.05, 3.63) is 0 Å². The molecule has 0 aliphatic heterocycles. The minimum Gasteiger partial charge on any atom is -0.317 e. The van der Waals surface area contributed by atoms with Crippen LogP contribution in [0.4, 0.5) is 0 Å². The van der Waals surface area contributed by atoms with Gasteiger partial charge in [-0.05, 0) is 37.1 Å². The van der Waals surface area contributed by atoms with Gasteiger partial charge in [0, 0.05) is 6.04 Å². The van der Waals surface area contributed by atoms with Gasteiger partial charge < -0.3 is 5.32 Å². The average molecular weight is 199 g/mol. The summed E-state index contributed by atoms with van der Waals surface area (Å²) in [6, 6.07) is 0.673. The van der Waals surface area contributed by atoms with E-state index in [9.17, 15) is 0 Å². The molecule has 1 heteroatoms. The first-order valence-electron chi connectivity index (χ1n) is 5.93. The van der Waals surface area contributed by atoms with Gasteiger partial charge in [0.15, 0.2) is 0 Å². The van der Waals surface area contributed by atoms with Gasteiger partial charge in [0.05, 0.1) is 0 Å². The lowest BCUT2D eigenvalue weighted by Gasteiger charge is -2.28. The van der Waals surface area contributed by atoms with Crippen LogP contribution in [0.25, 0.3) is 0 Å². The van der Waals surface area contributed by atoms with Crippen LogP contribution in [-0.2, 0) is 0 Å². The maximum atomic E-state index is 3.42. The topological polar surface area (TPSA) is 12.0 Å². The van der Waals surface area contributed by atoms with Crippen molar-refractivity contribution < 1.29 is 0 Å². The van der Waals surface area contributed by atoms with E-state index in [1.165, 1.54) is 12.8 Å². The Hall–Kier alpha value is -0.0400. The van der Waals surface area contributed by atoms with E-state index in [0.717, 1.165) is 11.8 Å². The van der Waals surface area contributed by atoms with Gasteiger partial charge in [-0.3, -0.25) is 0 Å². The Morgan fingerprint density at radius 3 is 1.86 bits per heavy atom. The SMILES string of the molecule is CNC(CC(C)CC(C)(C)C)C(C)C. The van der Waals surface area contributed by atoms with Gasteiger partial charge in [-0.2, -0.15) is 0 Å². The van der Waals surface area contributed by atoms with Gasteiger partial charge in [-0.25, -0.2) is 0 Å². The Balaban J connectivity index is 3.97. The maximum absolute atomic E-state index is 3.42. The zero-order valence-electron chi connectivity index (χ0n) is 11.1. The highest BCUT2D eigenvalue weighted by Gasteiger charge is 2.19. The van der Waals surface area contributed by atoms with Crippen LogP contribution in [0.2, 0.25) is 0 Å². The lowest BCUT2D eigenvalue weighted by Crippen LogP contribution is -2.33. The Labute approximate surface area is 90.7 Å². The van der Waals surface area contributed by atoms with Crippen LogP contribution in [0.5, 0.6) is 0 Å². The second-order valence-electron chi connectivity index (χ2n) is 6.24. The van der Waals surface area contributed by atoms with Crippen LogP contribution in [0.15, 0.2) is 0 Å². The number of rotatable bonds is 5. The second kappa shape index (κ2) is 5.75. The Kier molecular flexibility index (Phi) is 5.73. The van der Waals surface area contributed by atoms with Crippen molar-refractivity contribution in [2.24, 2.45) is 17.3 Å². The molecule has 0 radical (unpaired) electrons. The molecule has 0 aromatic carbocycles. The van der Waals surface area contributed by atoms with Crippen molar-refractivity contribution >= 4 is 0 Å². The summed E-state index contributed by atoms with van der Waals surface area (Å²) in [5.74, 6) is 1.55. The molecule has 0 aliphatic rings. The van der Waals surface area contributed by atoms with Gasteiger partial charge in [0.25, 0.3) is 0 Å². The lowest BCUT2D eigenvalue weighted by molar-refractivity contribution is 0.259. The molecule has 0 rings (SSSR count). The Morgan fingerprint density at radius 1 is 1.07 bits per heavy atom. The summed E-state index contributed by atoms with van der Waals surface area (Å²) in [6.07, 6.45) is 2.61. The number of nitrogens with one attached hydrogen (secondary N) is 1. The van der Waals surface area contributed by atoms with Crippen LogP contribution in [0.1, 0.15) is 54.4 Å². The largest absolute Gasteiger partial charge is 0.317 e. The van der Waals surface area contributed by atoms with Gasteiger partial charge >= 0.3 is 0 Å². The molecular weight excluding hydrogens is 170 g/mol. The molecule has 0 fully saturated rings. The molecule has 2 unspecified atom stereocenters. The summed E-state index contributed by atoms with van der Waals surface area (Å²) in [5, 5.41) is 3.42. The Morgan fingerprint density at radius 2 is 1.57 bits per heavy atom. The van der Waals surface area contributed by atoms with E-state index < -0.39 is 0 Å². The fourth-order valence-electron chi connectivity index (χ4n) is 2.29. The zero-order valence-corrected chi connectivity index (χ0v) is 11.1. The zero-order chi connectivity index (χ0) is 11.4. The van der Waals surface area contributed by atoms with Crippen molar-refractivity contribution in [1.82, 2.24) is 5.32 Å². The third-order valence-corrected chi connectivity index (χ3v) is 2.79. The standard InChI is InChI=1S/C13H29N/c1-10(2)12(14-7)8-11(3)9-13(4,5)6/h10-12,14H,8-9H2,1-7H3. The molecule has 1 nitrogen and oxygen atoms in total. The summed E-state index contributed by atoms with van der Waals surface area (Å²) in [6.45, 7) is 13.9. The molecule has 0 heterocycles. The Bertz CT molecular complexity index is 144. The monoisotopic (exact) mass is 199 g/mol.